The van der Waals surface area contributed by atoms with Gasteiger partial charge in [-0.3, -0.25) is 4.79 Å². The van der Waals surface area contributed by atoms with Crippen LogP contribution in [0.15, 0.2) is 42.5 Å². The van der Waals surface area contributed by atoms with Gasteiger partial charge in [-0.1, -0.05) is 11.6 Å². The standard InChI is InChI=1S/C19H20ClNO4S/c1-23-15-7-8-16(17(11-15)24-2)19-21(9-10-26-19)18(22)12-25-14-5-3-13(20)4-6-14/h3-8,11,19H,9-10,12H2,1-2H3/t19-/m1/s1. The van der Waals surface area contributed by atoms with E-state index in [1.807, 2.05) is 23.1 Å². The third-order valence-electron chi connectivity index (χ3n) is 4.09. The molecule has 26 heavy (non-hydrogen) atoms. The Morgan fingerprint density at radius 1 is 1.15 bits per heavy atom. The van der Waals surface area contributed by atoms with Crippen molar-refractivity contribution in [3.63, 3.8) is 0 Å². The zero-order chi connectivity index (χ0) is 18.5. The van der Waals surface area contributed by atoms with Crippen LogP contribution in [-0.2, 0) is 4.79 Å². The molecule has 0 saturated carbocycles. The Morgan fingerprint density at radius 2 is 1.88 bits per heavy atom. The lowest BCUT2D eigenvalue weighted by Gasteiger charge is -2.25. The van der Waals surface area contributed by atoms with E-state index in [1.165, 1.54) is 0 Å². The van der Waals surface area contributed by atoms with Crippen LogP contribution in [0.3, 0.4) is 0 Å². The van der Waals surface area contributed by atoms with E-state index in [1.54, 1.807) is 50.2 Å². The minimum atomic E-state index is -0.0998. The largest absolute Gasteiger partial charge is 0.497 e. The Morgan fingerprint density at radius 3 is 2.58 bits per heavy atom. The summed E-state index contributed by atoms with van der Waals surface area (Å²) in [5.41, 5.74) is 0.954. The first kappa shape index (κ1) is 18.7. The summed E-state index contributed by atoms with van der Waals surface area (Å²) in [5, 5.41) is 0.531. The van der Waals surface area contributed by atoms with Gasteiger partial charge >= 0.3 is 0 Å². The maximum Gasteiger partial charge on any atom is 0.261 e. The van der Waals surface area contributed by atoms with E-state index < -0.39 is 0 Å². The fourth-order valence-electron chi connectivity index (χ4n) is 2.76. The van der Waals surface area contributed by atoms with Gasteiger partial charge < -0.3 is 19.1 Å². The molecule has 0 aromatic heterocycles. The Hall–Kier alpha value is -2.05. The van der Waals surface area contributed by atoms with Crippen LogP contribution in [0.5, 0.6) is 17.2 Å². The number of carbonyl (C=O) groups excluding carboxylic acids is 1. The van der Waals surface area contributed by atoms with Gasteiger partial charge in [0.2, 0.25) is 0 Å². The van der Waals surface area contributed by atoms with Gasteiger partial charge in [-0.2, -0.15) is 0 Å². The summed E-state index contributed by atoms with van der Waals surface area (Å²) in [6, 6.07) is 12.6. The molecule has 0 unspecified atom stereocenters. The molecule has 1 heterocycles. The zero-order valence-corrected chi connectivity index (χ0v) is 16.2. The van der Waals surface area contributed by atoms with Gasteiger partial charge in [0.05, 0.1) is 14.2 Å². The van der Waals surface area contributed by atoms with Crippen molar-refractivity contribution < 1.29 is 19.0 Å². The highest BCUT2D eigenvalue weighted by Crippen LogP contribution is 2.43. The number of amides is 1. The van der Waals surface area contributed by atoms with Gasteiger partial charge in [0.15, 0.2) is 6.61 Å². The van der Waals surface area contributed by atoms with Crippen LogP contribution in [0.25, 0.3) is 0 Å². The van der Waals surface area contributed by atoms with Gasteiger partial charge in [0.1, 0.15) is 22.6 Å². The van der Waals surface area contributed by atoms with E-state index in [4.69, 9.17) is 25.8 Å². The maximum atomic E-state index is 12.7. The average molecular weight is 394 g/mol. The molecular formula is C19H20ClNO4S. The van der Waals surface area contributed by atoms with Gasteiger partial charge in [0, 0.05) is 29.0 Å². The molecule has 1 aliphatic rings. The number of carbonyl (C=O) groups is 1. The zero-order valence-electron chi connectivity index (χ0n) is 14.6. The molecule has 138 valence electrons. The van der Waals surface area contributed by atoms with E-state index in [2.05, 4.69) is 0 Å². The molecule has 1 aliphatic heterocycles. The molecule has 1 saturated heterocycles. The first-order valence-corrected chi connectivity index (χ1v) is 9.56. The number of hydrogen-bond acceptors (Lipinski definition) is 5. The molecule has 1 amide bonds. The summed E-state index contributed by atoms with van der Waals surface area (Å²) in [6.07, 6.45) is 0. The summed E-state index contributed by atoms with van der Waals surface area (Å²) in [7, 11) is 3.23. The molecule has 7 heteroatoms. The molecule has 5 nitrogen and oxygen atoms in total. The monoisotopic (exact) mass is 393 g/mol. The summed E-state index contributed by atoms with van der Waals surface area (Å²) < 4.78 is 16.3. The molecule has 1 atom stereocenters. The van der Waals surface area contributed by atoms with Crippen LogP contribution >= 0.6 is 23.4 Å². The van der Waals surface area contributed by atoms with Crippen molar-refractivity contribution in [2.45, 2.75) is 5.37 Å². The fraction of sp³-hybridized carbons (Fsp3) is 0.316. The van der Waals surface area contributed by atoms with Gasteiger partial charge in [-0.05, 0) is 36.4 Å². The molecule has 0 bridgehead atoms. The van der Waals surface area contributed by atoms with Gasteiger partial charge in [-0.25, -0.2) is 0 Å². The Labute approximate surface area is 162 Å². The lowest BCUT2D eigenvalue weighted by atomic mass is 10.1. The van der Waals surface area contributed by atoms with Crippen LogP contribution in [0.2, 0.25) is 5.02 Å². The van der Waals surface area contributed by atoms with Crippen molar-refractivity contribution in [1.82, 2.24) is 4.90 Å². The molecule has 0 N–H and O–H groups in total. The van der Waals surface area contributed by atoms with Crippen LogP contribution in [0.4, 0.5) is 0 Å². The Balaban J connectivity index is 1.71. The molecule has 0 spiro atoms. The molecule has 0 aliphatic carbocycles. The molecule has 3 rings (SSSR count). The average Bonchev–Trinajstić information content (AvgIpc) is 3.16. The van der Waals surface area contributed by atoms with Crippen molar-refractivity contribution in [3.8, 4) is 17.2 Å². The molecule has 2 aromatic rings. The summed E-state index contributed by atoms with van der Waals surface area (Å²) in [6.45, 7) is 0.657. The fourth-order valence-corrected chi connectivity index (χ4v) is 4.19. The number of methoxy groups -OCH3 is 2. The normalized spacial score (nSPS) is 16.4. The lowest BCUT2D eigenvalue weighted by molar-refractivity contribution is -0.133. The van der Waals surface area contributed by atoms with Gasteiger partial charge in [-0.15, -0.1) is 11.8 Å². The highest BCUT2D eigenvalue weighted by Gasteiger charge is 2.32. The second-order valence-corrected chi connectivity index (χ2v) is 7.29. The van der Waals surface area contributed by atoms with Crippen LogP contribution in [0, 0.1) is 0 Å². The number of ether oxygens (including phenoxy) is 3. The molecule has 2 aromatic carbocycles. The molecule has 1 fully saturated rings. The van der Waals surface area contributed by atoms with Crippen LogP contribution in [-0.4, -0.2) is 43.9 Å². The van der Waals surface area contributed by atoms with Crippen molar-refractivity contribution >= 4 is 29.3 Å². The smallest absolute Gasteiger partial charge is 0.261 e. The Bertz CT molecular complexity index is 769. The predicted octanol–water partition coefficient (Wildman–Crippen LogP) is 4.01. The van der Waals surface area contributed by atoms with E-state index in [-0.39, 0.29) is 17.9 Å². The first-order chi connectivity index (χ1) is 12.6. The molecular weight excluding hydrogens is 374 g/mol. The summed E-state index contributed by atoms with van der Waals surface area (Å²) >= 11 is 7.57. The second kappa shape index (κ2) is 8.56. The van der Waals surface area contributed by atoms with E-state index >= 15 is 0 Å². The second-order valence-electron chi connectivity index (χ2n) is 5.66. The van der Waals surface area contributed by atoms with Crippen molar-refractivity contribution in [2.75, 3.05) is 33.1 Å². The SMILES string of the molecule is COc1ccc([C@H]2SCCN2C(=O)COc2ccc(Cl)cc2)c(OC)c1. The minimum Gasteiger partial charge on any atom is -0.497 e. The van der Waals surface area contributed by atoms with E-state index in [9.17, 15) is 4.79 Å². The summed E-state index contributed by atoms with van der Waals surface area (Å²) in [4.78, 5) is 14.5. The third-order valence-corrected chi connectivity index (χ3v) is 5.59. The number of halogens is 1. The third kappa shape index (κ3) is 4.19. The highest BCUT2D eigenvalue weighted by molar-refractivity contribution is 7.99. The number of hydrogen-bond donors (Lipinski definition) is 0. The lowest BCUT2D eigenvalue weighted by Crippen LogP contribution is -2.34. The quantitative estimate of drug-likeness (QED) is 0.742. The van der Waals surface area contributed by atoms with Crippen molar-refractivity contribution in [1.29, 1.82) is 0 Å². The molecule has 0 radical (unpaired) electrons. The van der Waals surface area contributed by atoms with Crippen molar-refractivity contribution in [3.05, 3.63) is 53.1 Å². The maximum absolute atomic E-state index is 12.7. The Kier molecular flexibility index (Phi) is 6.16. The number of thioether (sulfide) groups is 1. The highest BCUT2D eigenvalue weighted by atomic mass is 35.5. The predicted molar refractivity (Wildman–Crippen MR) is 103 cm³/mol. The number of benzene rings is 2. The number of nitrogens with zero attached hydrogens (tertiary/aromatic N) is 1. The van der Waals surface area contributed by atoms with Crippen LogP contribution < -0.4 is 14.2 Å². The minimum absolute atomic E-state index is 0.0167. The summed E-state index contributed by atoms with van der Waals surface area (Å²) in [5.74, 6) is 2.85. The topological polar surface area (TPSA) is 48.0 Å². The van der Waals surface area contributed by atoms with E-state index in [0.29, 0.717) is 23.1 Å². The first-order valence-electron chi connectivity index (χ1n) is 8.13. The van der Waals surface area contributed by atoms with E-state index in [0.717, 1.165) is 17.1 Å². The number of rotatable bonds is 6. The van der Waals surface area contributed by atoms with Gasteiger partial charge in [0.25, 0.3) is 5.91 Å². The van der Waals surface area contributed by atoms with Crippen molar-refractivity contribution in [2.24, 2.45) is 0 Å². The van der Waals surface area contributed by atoms with Crippen LogP contribution in [0.1, 0.15) is 10.9 Å².